The summed E-state index contributed by atoms with van der Waals surface area (Å²) >= 11 is 0. The summed E-state index contributed by atoms with van der Waals surface area (Å²) in [4.78, 5) is 29.5. The third-order valence-electron chi connectivity index (χ3n) is 13.6. The van der Waals surface area contributed by atoms with Gasteiger partial charge in [0.15, 0.2) is 39.3 Å². The van der Waals surface area contributed by atoms with E-state index in [4.69, 9.17) is 40.6 Å². The van der Waals surface area contributed by atoms with Crippen molar-refractivity contribution in [2.45, 2.75) is 134 Å². The number of nitrogens with zero attached hydrogens (tertiary/aromatic N) is 8. The second kappa shape index (κ2) is 18.2. The van der Waals surface area contributed by atoms with Crippen molar-refractivity contribution in [3.8, 4) is 0 Å². The first-order valence-electron chi connectivity index (χ1n) is 22.6. The van der Waals surface area contributed by atoms with Crippen molar-refractivity contribution in [1.29, 1.82) is 0 Å². The Kier molecular flexibility index (Phi) is 13.3. The molecule has 6 atom stereocenters. The summed E-state index contributed by atoms with van der Waals surface area (Å²) in [6.07, 6.45) is -1.30. The second-order valence-corrected chi connectivity index (χ2v) is 26.8. The summed E-state index contributed by atoms with van der Waals surface area (Å²) in [6.45, 7) is 13.5. The molecular formula is C48H50CuN8O8S4-4. The van der Waals surface area contributed by atoms with Crippen LogP contribution in [0.5, 0.6) is 0 Å². The first-order valence-corrected chi connectivity index (χ1v) is 28.8. The summed E-state index contributed by atoms with van der Waals surface area (Å²) in [5.41, 5.74) is 0.942. The van der Waals surface area contributed by atoms with Gasteiger partial charge in [0.05, 0.1) is 40.6 Å². The normalized spacial score (nSPS) is 21.0. The van der Waals surface area contributed by atoms with Crippen LogP contribution in [-0.2, 0) is 56.4 Å². The number of aromatic nitrogens is 2. The summed E-state index contributed by atoms with van der Waals surface area (Å²) < 4.78 is 115. The molecule has 6 aromatic rings. The summed E-state index contributed by atoms with van der Waals surface area (Å²) in [5, 5.41) is 7.50. The van der Waals surface area contributed by atoms with E-state index >= 15 is 0 Å². The van der Waals surface area contributed by atoms with Gasteiger partial charge in [-0.25, -0.2) is 33.7 Å². The molecule has 6 unspecified atom stereocenters. The smallest absolute Gasteiger partial charge is 0.181 e. The van der Waals surface area contributed by atoms with Crippen LogP contribution in [0, 0.1) is 0 Å². The molecule has 4 aromatic carbocycles. The van der Waals surface area contributed by atoms with Gasteiger partial charge in [-0.3, -0.25) is 0 Å². The number of sulfone groups is 4. The molecule has 0 fully saturated rings. The molecule has 21 heteroatoms. The van der Waals surface area contributed by atoms with Crippen LogP contribution in [0.1, 0.15) is 116 Å². The van der Waals surface area contributed by atoms with E-state index in [9.17, 15) is 33.7 Å². The molecule has 0 spiro atoms. The topological polar surface area (TPSA) is 242 Å². The molecule has 5 heterocycles. The van der Waals surface area contributed by atoms with Crippen LogP contribution in [0.2, 0.25) is 0 Å². The maximum Gasteiger partial charge on any atom is 0.181 e. The van der Waals surface area contributed by atoms with Gasteiger partial charge in [-0.2, -0.15) is 0 Å². The Balaban J connectivity index is 0.00000642. The van der Waals surface area contributed by atoms with E-state index in [0.717, 1.165) is 0 Å². The van der Waals surface area contributed by atoms with Gasteiger partial charge in [0.1, 0.15) is 0 Å². The minimum Gasteiger partial charge on any atom is -0.451 e. The molecule has 0 amide bonds. The second-order valence-electron chi connectivity index (χ2n) is 17.5. The number of aliphatic imine (C=N–C) groups is 2. The van der Waals surface area contributed by atoms with Gasteiger partial charge in [0, 0.05) is 51.1 Å². The van der Waals surface area contributed by atoms with Crippen molar-refractivity contribution in [2.24, 2.45) is 20.0 Å². The predicted molar refractivity (Wildman–Crippen MR) is 262 cm³/mol. The van der Waals surface area contributed by atoms with Crippen molar-refractivity contribution in [1.82, 2.24) is 9.97 Å². The van der Waals surface area contributed by atoms with E-state index in [-0.39, 0.29) is 104 Å². The number of hydrogen-bond acceptors (Lipinski definition) is 12. The molecule has 3 aliphatic rings. The first-order chi connectivity index (χ1) is 32.2. The minimum absolute atomic E-state index is 0. The molecule has 0 N–H and O–H groups in total. The third kappa shape index (κ3) is 7.96. The van der Waals surface area contributed by atoms with Crippen molar-refractivity contribution in [2.75, 3.05) is 0 Å². The molecule has 9 rings (SSSR count). The van der Waals surface area contributed by atoms with E-state index < -0.39 is 72.7 Å². The quantitative estimate of drug-likeness (QED) is 0.107. The Labute approximate surface area is 412 Å². The average molecular weight is 1060 g/mol. The van der Waals surface area contributed by atoms with Crippen LogP contribution < -0.4 is 20.9 Å². The predicted octanol–water partition coefficient (Wildman–Crippen LogP) is 8.08. The largest absolute Gasteiger partial charge is 0.451 e. The number of amidine groups is 2. The Morgan fingerprint density at radius 2 is 0.957 bits per heavy atom. The molecule has 0 saturated heterocycles. The van der Waals surface area contributed by atoms with Crippen molar-refractivity contribution < 1.29 is 50.7 Å². The molecule has 1 radical (unpaired) electrons. The summed E-state index contributed by atoms with van der Waals surface area (Å²) in [6, 6.07) is 18.9. The van der Waals surface area contributed by atoms with E-state index in [1.165, 1.54) is 24.3 Å². The minimum atomic E-state index is -4.02. The molecule has 0 saturated carbocycles. The van der Waals surface area contributed by atoms with Crippen LogP contribution in [0.3, 0.4) is 0 Å². The SMILES string of the molecule is CCC(C)S(=O)(=O)c1cccc2c1/C1=N/c3[n-]c(c4c(S(=O)(=O)C(C)CC)cccc34)/N=C3\[N-]C(/N=c4\[n-]/c(c5c(S(=O)(=O)C(C)CC)cccc45)=N\C2[N-]1)c1c3cccc1S(=O)(=O)C(C)CC.[Cu]. The van der Waals surface area contributed by atoms with Crippen LogP contribution in [-0.4, -0.2) is 66.3 Å². The molecule has 8 bridgehead atoms. The fraction of sp³-hybridized carbons (Fsp3) is 0.375. The molecule has 369 valence electrons. The molecule has 2 aromatic heterocycles. The zero-order chi connectivity index (χ0) is 48.8. The zero-order valence-electron chi connectivity index (χ0n) is 39.0. The van der Waals surface area contributed by atoms with Crippen LogP contribution in [0.25, 0.3) is 32.2 Å². The number of rotatable bonds is 12. The van der Waals surface area contributed by atoms with Crippen LogP contribution >= 0.6 is 0 Å². The molecule has 0 aliphatic carbocycles. The van der Waals surface area contributed by atoms with Gasteiger partial charge in [0.2, 0.25) is 0 Å². The van der Waals surface area contributed by atoms with Crippen molar-refractivity contribution >= 4 is 84.2 Å². The van der Waals surface area contributed by atoms with E-state index in [1.54, 1.807) is 104 Å². The Hall–Kier alpha value is -5.18. The summed E-state index contributed by atoms with van der Waals surface area (Å²) in [7, 11) is -16.0. The van der Waals surface area contributed by atoms with Gasteiger partial charge in [-0.15, -0.1) is 0 Å². The van der Waals surface area contributed by atoms with E-state index in [0.29, 0.717) is 36.8 Å². The number of benzene rings is 4. The Morgan fingerprint density at radius 3 is 1.57 bits per heavy atom. The molecule has 16 nitrogen and oxygen atoms in total. The van der Waals surface area contributed by atoms with E-state index in [1.807, 2.05) is 0 Å². The van der Waals surface area contributed by atoms with Crippen molar-refractivity contribution in [3.63, 3.8) is 0 Å². The van der Waals surface area contributed by atoms with E-state index in [2.05, 4.69) is 0 Å². The molecular weight excluding hydrogens is 1010 g/mol. The number of hydrogen-bond donors (Lipinski definition) is 0. The maximum absolute atomic E-state index is 14.4. The first kappa shape index (κ1) is 50.2. The Morgan fingerprint density at radius 1 is 0.493 bits per heavy atom. The Bertz CT molecular complexity index is 3760. The average Bonchev–Trinajstić information content (AvgIpc) is 4.08. The van der Waals surface area contributed by atoms with Gasteiger partial charge in [-0.1, -0.05) is 87.9 Å². The fourth-order valence-corrected chi connectivity index (χ4v) is 15.2. The fourth-order valence-electron chi connectivity index (χ4n) is 8.70. The van der Waals surface area contributed by atoms with Gasteiger partial charge in [0.25, 0.3) is 0 Å². The van der Waals surface area contributed by atoms with Crippen LogP contribution in [0.4, 0.5) is 11.6 Å². The number of fused-ring (bicyclic) bond motifs is 20. The maximum atomic E-state index is 14.4. The van der Waals surface area contributed by atoms with Gasteiger partial charge in [-0.05, 0) is 122 Å². The molecule has 3 aliphatic heterocycles. The zero-order valence-corrected chi connectivity index (χ0v) is 43.2. The monoisotopic (exact) mass is 1060 g/mol. The summed E-state index contributed by atoms with van der Waals surface area (Å²) in [5.74, 6) is -0.188. The van der Waals surface area contributed by atoms with Gasteiger partial charge < -0.3 is 40.6 Å². The van der Waals surface area contributed by atoms with Gasteiger partial charge >= 0.3 is 0 Å². The van der Waals surface area contributed by atoms with Crippen LogP contribution in [0.15, 0.2) is 112 Å². The van der Waals surface area contributed by atoms with Crippen molar-refractivity contribution in [3.05, 3.63) is 117 Å². The standard InChI is InChI=1S/C48H50N8O8S4.Cu/c1-9-25(5)65(57,58)33-21-13-17-29-37(33)45-49-41(29)54-46-39-31(19-15-23-35(39)67(61,62)27(7)11-3)43(51-46)56-48-40-32(20-16-24-36(40)68(63,64)28(8)12-4)44(52-48)55-47-38-30(42(50-47)53-45)18-14-22-34(38)66(59,60)26(6)10-2;/h13-28,41,48H,9-12H2,1-8H3;/q-4;. The molecule has 69 heavy (non-hydrogen) atoms. The third-order valence-corrected chi connectivity index (χ3v) is 23.0.